The van der Waals surface area contributed by atoms with Crippen LogP contribution in [-0.4, -0.2) is 54.7 Å². The molecule has 7 nitrogen and oxygen atoms in total. The number of likely N-dealkylation sites (tertiary alicyclic amines) is 1. The van der Waals surface area contributed by atoms with E-state index in [2.05, 4.69) is 4.72 Å². The number of nitrogens with one attached hydrogen (secondary N) is 1. The lowest BCUT2D eigenvalue weighted by molar-refractivity contribution is -0.149. The molecule has 120 valence electrons. The number of amides is 1. The van der Waals surface area contributed by atoms with Crippen LogP contribution in [-0.2, 0) is 19.6 Å². The molecule has 0 spiro atoms. The largest absolute Gasteiger partial charge is 0.480 e. The Morgan fingerprint density at radius 1 is 1.29 bits per heavy atom. The predicted molar refractivity (Wildman–Crippen MR) is 76.1 cm³/mol. The highest BCUT2D eigenvalue weighted by molar-refractivity contribution is 7.89. The van der Waals surface area contributed by atoms with E-state index in [1.54, 1.807) is 0 Å². The molecular weight excluding hydrogens is 296 g/mol. The van der Waals surface area contributed by atoms with Crippen LogP contribution in [0.4, 0.5) is 0 Å². The summed E-state index contributed by atoms with van der Waals surface area (Å²) >= 11 is 0. The van der Waals surface area contributed by atoms with Crippen LogP contribution in [0.3, 0.4) is 0 Å². The lowest BCUT2D eigenvalue weighted by Crippen LogP contribution is -2.50. The first kappa shape index (κ1) is 16.2. The fraction of sp³-hybridized carbons (Fsp3) is 0.846. The number of carbonyl (C=O) groups is 2. The standard InChI is InChI=1S/C13H22N2O5S/c1-2-21(19,20)14-8-12(16)15-10-6-4-3-5-9(10)7-11(15)13(17)18/h9-11,14H,2-8H2,1H3,(H,17,18). The van der Waals surface area contributed by atoms with E-state index in [0.29, 0.717) is 6.42 Å². The average molecular weight is 318 g/mol. The van der Waals surface area contributed by atoms with Crippen molar-refractivity contribution in [2.24, 2.45) is 5.92 Å². The van der Waals surface area contributed by atoms with E-state index in [1.165, 1.54) is 11.8 Å². The van der Waals surface area contributed by atoms with Gasteiger partial charge in [0.25, 0.3) is 0 Å². The Balaban J connectivity index is 2.10. The number of sulfonamides is 1. The number of hydrogen-bond donors (Lipinski definition) is 2. The second kappa shape index (κ2) is 6.31. The average Bonchev–Trinajstić information content (AvgIpc) is 2.84. The SMILES string of the molecule is CCS(=O)(=O)NCC(=O)N1C(C(=O)O)CC2CCCCC21. The number of carboxylic acid groups (broad SMARTS) is 1. The molecule has 0 aromatic rings. The van der Waals surface area contributed by atoms with E-state index >= 15 is 0 Å². The molecule has 1 amide bonds. The molecule has 1 saturated heterocycles. The maximum Gasteiger partial charge on any atom is 0.326 e. The van der Waals surface area contributed by atoms with Crippen LogP contribution in [0.2, 0.25) is 0 Å². The third-order valence-electron chi connectivity index (χ3n) is 4.48. The van der Waals surface area contributed by atoms with Crippen molar-refractivity contribution in [3.05, 3.63) is 0 Å². The van der Waals surface area contributed by atoms with Gasteiger partial charge in [0.1, 0.15) is 6.04 Å². The molecule has 1 heterocycles. The molecule has 1 aliphatic carbocycles. The monoisotopic (exact) mass is 318 g/mol. The summed E-state index contributed by atoms with van der Waals surface area (Å²) in [5, 5.41) is 9.32. The third kappa shape index (κ3) is 3.55. The predicted octanol–water partition coefficient (Wildman–Crippen LogP) is 0.170. The summed E-state index contributed by atoms with van der Waals surface area (Å²) in [7, 11) is -3.46. The summed E-state index contributed by atoms with van der Waals surface area (Å²) in [4.78, 5) is 25.1. The van der Waals surface area contributed by atoms with Crippen molar-refractivity contribution in [1.82, 2.24) is 9.62 Å². The Hall–Kier alpha value is -1.15. The van der Waals surface area contributed by atoms with E-state index in [0.717, 1.165) is 25.7 Å². The van der Waals surface area contributed by atoms with Crippen LogP contribution < -0.4 is 4.72 Å². The lowest BCUT2D eigenvalue weighted by Gasteiger charge is -2.33. The minimum atomic E-state index is -3.46. The highest BCUT2D eigenvalue weighted by Gasteiger charge is 2.47. The molecule has 3 unspecified atom stereocenters. The highest BCUT2D eigenvalue weighted by Crippen LogP contribution is 2.39. The summed E-state index contributed by atoms with van der Waals surface area (Å²) in [5.74, 6) is -1.31. The summed E-state index contributed by atoms with van der Waals surface area (Å²) in [6.07, 6.45) is 4.28. The van der Waals surface area contributed by atoms with E-state index in [1.807, 2.05) is 0 Å². The zero-order valence-corrected chi connectivity index (χ0v) is 12.9. The van der Waals surface area contributed by atoms with Crippen LogP contribution in [0.1, 0.15) is 39.0 Å². The Labute approximate surface area is 124 Å². The van der Waals surface area contributed by atoms with Gasteiger partial charge in [0.2, 0.25) is 15.9 Å². The van der Waals surface area contributed by atoms with Gasteiger partial charge in [0, 0.05) is 6.04 Å². The van der Waals surface area contributed by atoms with E-state index in [9.17, 15) is 23.1 Å². The lowest BCUT2D eigenvalue weighted by atomic mass is 9.85. The van der Waals surface area contributed by atoms with Crippen molar-refractivity contribution < 1.29 is 23.1 Å². The minimum absolute atomic E-state index is 0.0570. The smallest absolute Gasteiger partial charge is 0.326 e. The van der Waals surface area contributed by atoms with Gasteiger partial charge in [-0.05, 0) is 32.1 Å². The summed E-state index contributed by atoms with van der Waals surface area (Å²) < 4.78 is 25.1. The van der Waals surface area contributed by atoms with Gasteiger partial charge < -0.3 is 10.0 Å². The fourth-order valence-electron chi connectivity index (χ4n) is 3.40. The van der Waals surface area contributed by atoms with Gasteiger partial charge in [-0.2, -0.15) is 0 Å². The van der Waals surface area contributed by atoms with Gasteiger partial charge in [-0.3, -0.25) is 4.79 Å². The van der Waals surface area contributed by atoms with Gasteiger partial charge >= 0.3 is 5.97 Å². The van der Waals surface area contributed by atoms with Gasteiger partial charge in [-0.1, -0.05) is 12.8 Å². The molecule has 0 bridgehead atoms. The number of rotatable bonds is 5. The molecular formula is C13H22N2O5S. The third-order valence-corrected chi connectivity index (χ3v) is 5.83. The molecule has 3 atom stereocenters. The summed E-state index contributed by atoms with van der Waals surface area (Å²) in [5.41, 5.74) is 0. The van der Waals surface area contributed by atoms with E-state index in [4.69, 9.17) is 0 Å². The number of carbonyl (C=O) groups excluding carboxylic acids is 1. The Morgan fingerprint density at radius 3 is 2.57 bits per heavy atom. The molecule has 1 saturated carbocycles. The van der Waals surface area contributed by atoms with Crippen LogP contribution >= 0.6 is 0 Å². The number of carboxylic acids is 1. The normalized spacial score (nSPS) is 29.2. The van der Waals surface area contributed by atoms with Crippen molar-refractivity contribution in [2.75, 3.05) is 12.3 Å². The molecule has 2 aliphatic rings. The first-order valence-electron chi connectivity index (χ1n) is 7.37. The quantitative estimate of drug-likeness (QED) is 0.752. The van der Waals surface area contributed by atoms with Crippen LogP contribution in [0.15, 0.2) is 0 Å². The first-order valence-corrected chi connectivity index (χ1v) is 9.02. The maximum atomic E-state index is 12.3. The van der Waals surface area contributed by atoms with Crippen LogP contribution in [0, 0.1) is 5.92 Å². The molecule has 2 rings (SSSR count). The minimum Gasteiger partial charge on any atom is -0.480 e. The van der Waals surface area contributed by atoms with Gasteiger partial charge in [0.15, 0.2) is 0 Å². The molecule has 0 aromatic carbocycles. The Morgan fingerprint density at radius 2 is 1.95 bits per heavy atom. The number of hydrogen-bond acceptors (Lipinski definition) is 4. The zero-order valence-electron chi connectivity index (χ0n) is 12.1. The van der Waals surface area contributed by atoms with E-state index < -0.39 is 27.9 Å². The number of aliphatic carboxylic acids is 1. The van der Waals surface area contributed by atoms with Crippen molar-refractivity contribution in [2.45, 2.75) is 51.1 Å². The Bertz CT molecular complexity index is 519. The topological polar surface area (TPSA) is 104 Å². The number of fused-ring (bicyclic) bond motifs is 1. The van der Waals surface area contributed by atoms with Crippen molar-refractivity contribution in [3.63, 3.8) is 0 Å². The summed E-state index contributed by atoms with van der Waals surface area (Å²) in [6.45, 7) is 1.13. The molecule has 0 aromatic heterocycles. The second-order valence-corrected chi connectivity index (χ2v) is 7.82. The first-order chi connectivity index (χ1) is 9.85. The molecule has 2 fully saturated rings. The molecule has 8 heteroatoms. The maximum absolute atomic E-state index is 12.3. The van der Waals surface area contributed by atoms with Crippen molar-refractivity contribution in [3.8, 4) is 0 Å². The van der Waals surface area contributed by atoms with Crippen LogP contribution in [0.5, 0.6) is 0 Å². The van der Waals surface area contributed by atoms with Crippen molar-refractivity contribution in [1.29, 1.82) is 0 Å². The van der Waals surface area contributed by atoms with Crippen LogP contribution in [0.25, 0.3) is 0 Å². The van der Waals surface area contributed by atoms with Gasteiger partial charge in [-0.25, -0.2) is 17.9 Å². The molecule has 21 heavy (non-hydrogen) atoms. The molecule has 0 radical (unpaired) electrons. The van der Waals surface area contributed by atoms with E-state index in [-0.39, 0.29) is 24.3 Å². The van der Waals surface area contributed by atoms with Crippen molar-refractivity contribution >= 4 is 21.9 Å². The van der Waals surface area contributed by atoms with Gasteiger partial charge in [0.05, 0.1) is 12.3 Å². The zero-order chi connectivity index (χ0) is 15.6. The second-order valence-electron chi connectivity index (χ2n) is 5.73. The van der Waals surface area contributed by atoms with Gasteiger partial charge in [-0.15, -0.1) is 0 Å². The Kier molecular flexibility index (Phi) is 4.88. The molecule has 2 N–H and O–H groups in total. The fourth-order valence-corrected chi connectivity index (χ4v) is 3.95. The number of nitrogens with zero attached hydrogens (tertiary/aromatic N) is 1. The highest BCUT2D eigenvalue weighted by atomic mass is 32.2. The molecule has 1 aliphatic heterocycles. The summed E-state index contributed by atoms with van der Waals surface area (Å²) in [6, 6.07) is -0.879.